The summed E-state index contributed by atoms with van der Waals surface area (Å²) in [6.45, 7) is 6.91. The van der Waals surface area contributed by atoms with Crippen LogP contribution in [0.25, 0.3) is 0 Å². The molecule has 0 radical (unpaired) electrons. The van der Waals surface area contributed by atoms with Crippen molar-refractivity contribution in [3.8, 4) is 0 Å². The monoisotopic (exact) mass is 373 g/mol. The minimum Gasteiger partial charge on any atom is -0.478 e. The summed E-state index contributed by atoms with van der Waals surface area (Å²) in [6.07, 6.45) is 1.70. The van der Waals surface area contributed by atoms with Crippen LogP contribution in [0.15, 0.2) is 24.3 Å². The van der Waals surface area contributed by atoms with Gasteiger partial charge >= 0.3 is 5.97 Å². The minimum absolute atomic E-state index is 0.235. The van der Waals surface area contributed by atoms with Gasteiger partial charge in [-0.3, -0.25) is 9.80 Å². The number of rotatable bonds is 4. The van der Waals surface area contributed by atoms with Crippen molar-refractivity contribution < 1.29 is 15.0 Å². The Balaban J connectivity index is 1.39. The van der Waals surface area contributed by atoms with E-state index < -0.39 is 5.97 Å². The maximum absolute atomic E-state index is 11.5. The van der Waals surface area contributed by atoms with Gasteiger partial charge in [0, 0.05) is 51.9 Å². The van der Waals surface area contributed by atoms with Crippen LogP contribution in [0.1, 0.15) is 28.8 Å². The Bertz CT molecular complexity index is 674. The number of benzene rings is 1. The summed E-state index contributed by atoms with van der Waals surface area (Å²) < 4.78 is 0. The van der Waals surface area contributed by atoms with E-state index in [1.807, 2.05) is 12.1 Å². The van der Waals surface area contributed by atoms with Gasteiger partial charge in [0.2, 0.25) is 0 Å². The average molecular weight is 373 g/mol. The van der Waals surface area contributed by atoms with Crippen LogP contribution in [-0.4, -0.2) is 89.3 Å². The van der Waals surface area contributed by atoms with Gasteiger partial charge in [0.05, 0.1) is 11.7 Å². The summed E-state index contributed by atoms with van der Waals surface area (Å²) in [4.78, 5) is 18.7. The molecule has 1 saturated carbocycles. The number of aliphatic hydroxyl groups excluding tert-OH is 1. The Hall–Kier alpha value is -1.47. The zero-order valence-electron chi connectivity index (χ0n) is 16.1. The summed E-state index contributed by atoms with van der Waals surface area (Å²) in [6, 6.07) is 7.60. The van der Waals surface area contributed by atoms with Crippen LogP contribution in [0.2, 0.25) is 0 Å². The lowest BCUT2D eigenvalue weighted by atomic mass is 9.77. The molecule has 0 bridgehead atoms. The lowest BCUT2D eigenvalue weighted by Gasteiger charge is -2.44. The van der Waals surface area contributed by atoms with E-state index in [2.05, 4.69) is 21.7 Å². The van der Waals surface area contributed by atoms with Crippen LogP contribution >= 0.6 is 0 Å². The van der Waals surface area contributed by atoms with Gasteiger partial charge in [-0.1, -0.05) is 18.2 Å². The van der Waals surface area contributed by atoms with E-state index in [0.717, 1.165) is 57.7 Å². The second-order valence-corrected chi connectivity index (χ2v) is 8.62. The first-order chi connectivity index (χ1) is 13.0. The molecule has 0 aromatic heterocycles. The van der Waals surface area contributed by atoms with Gasteiger partial charge in [-0.05, 0) is 43.4 Å². The highest BCUT2D eigenvalue weighted by atomic mass is 16.4. The minimum atomic E-state index is -0.854. The molecule has 4 atom stereocenters. The van der Waals surface area contributed by atoms with Gasteiger partial charge in [-0.15, -0.1) is 0 Å². The fraction of sp³-hybridized carbons (Fsp3) is 0.667. The number of hydrogen-bond acceptors (Lipinski definition) is 5. The molecule has 1 aromatic carbocycles. The van der Waals surface area contributed by atoms with Crippen LogP contribution in [0, 0.1) is 11.8 Å². The molecule has 1 aliphatic carbocycles. The van der Waals surface area contributed by atoms with Gasteiger partial charge in [0.25, 0.3) is 0 Å². The number of nitrogens with zero attached hydrogens (tertiary/aromatic N) is 3. The van der Waals surface area contributed by atoms with Crippen molar-refractivity contribution in [1.29, 1.82) is 0 Å². The van der Waals surface area contributed by atoms with Crippen LogP contribution in [0.3, 0.4) is 0 Å². The van der Waals surface area contributed by atoms with E-state index in [-0.39, 0.29) is 12.1 Å². The van der Waals surface area contributed by atoms with E-state index in [1.165, 1.54) is 0 Å². The largest absolute Gasteiger partial charge is 0.478 e. The molecule has 0 spiro atoms. The predicted molar refractivity (Wildman–Crippen MR) is 104 cm³/mol. The molecule has 6 nitrogen and oxygen atoms in total. The summed E-state index contributed by atoms with van der Waals surface area (Å²) in [5, 5.41) is 20.2. The van der Waals surface area contributed by atoms with Crippen LogP contribution < -0.4 is 0 Å². The van der Waals surface area contributed by atoms with E-state index >= 15 is 0 Å². The third-order valence-electron chi connectivity index (χ3n) is 6.83. The summed E-state index contributed by atoms with van der Waals surface area (Å²) in [7, 11) is 2.16. The van der Waals surface area contributed by atoms with Crippen molar-refractivity contribution in [1.82, 2.24) is 14.7 Å². The number of hydrogen-bond donors (Lipinski definition) is 2. The molecular weight excluding hydrogens is 342 g/mol. The molecule has 27 heavy (non-hydrogen) atoms. The Kier molecular flexibility index (Phi) is 5.50. The summed E-state index contributed by atoms with van der Waals surface area (Å²) in [5.41, 5.74) is 1.29. The number of fused-ring (bicyclic) bond motifs is 1. The van der Waals surface area contributed by atoms with Crippen molar-refractivity contribution in [3.63, 3.8) is 0 Å². The van der Waals surface area contributed by atoms with Crippen molar-refractivity contribution in [2.24, 2.45) is 11.8 Å². The number of carbonyl (C=O) groups is 1. The number of carboxylic acids is 1. The third-order valence-corrected chi connectivity index (χ3v) is 6.83. The molecule has 3 fully saturated rings. The number of aliphatic hydroxyl groups is 1. The van der Waals surface area contributed by atoms with Crippen LogP contribution in [-0.2, 0) is 6.54 Å². The number of carboxylic acid groups (broad SMARTS) is 1. The Morgan fingerprint density at radius 2 is 1.74 bits per heavy atom. The van der Waals surface area contributed by atoms with Crippen molar-refractivity contribution in [2.45, 2.75) is 31.5 Å². The molecule has 2 N–H and O–H groups in total. The first kappa shape index (κ1) is 18.9. The van der Waals surface area contributed by atoms with Gasteiger partial charge in [-0.2, -0.15) is 0 Å². The molecule has 4 rings (SSSR count). The SMILES string of the molecule is CN1CCN([C@@H]2C[C@@H]3CN(Cc4ccccc4C(=O)O)C[C@@H]3C[C@H]2O)CC1. The quantitative estimate of drug-likeness (QED) is 0.827. The first-order valence-corrected chi connectivity index (χ1v) is 10.2. The predicted octanol–water partition coefficient (Wildman–Crippen LogP) is 1.20. The Labute approximate surface area is 161 Å². The van der Waals surface area contributed by atoms with Gasteiger partial charge < -0.3 is 15.1 Å². The third kappa shape index (κ3) is 4.04. The number of piperazine rings is 1. The second-order valence-electron chi connectivity index (χ2n) is 8.62. The van der Waals surface area contributed by atoms with E-state index in [0.29, 0.717) is 23.9 Å². The molecule has 1 aromatic rings. The molecule has 3 aliphatic rings. The van der Waals surface area contributed by atoms with Crippen LogP contribution in [0.4, 0.5) is 0 Å². The molecule has 2 aliphatic heterocycles. The fourth-order valence-corrected chi connectivity index (χ4v) is 5.29. The maximum atomic E-state index is 11.5. The normalized spacial score (nSPS) is 33.1. The Morgan fingerprint density at radius 1 is 1.07 bits per heavy atom. The fourth-order valence-electron chi connectivity index (χ4n) is 5.29. The van der Waals surface area contributed by atoms with E-state index in [4.69, 9.17) is 0 Å². The second kappa shape index (κ2) is 7.87. The Morgan fingerprint density at radius 3 is 2.44 bits per heavy atom. The first-order valence-electron chi connectivity index (χ1n) is 10.2. The molecule has 0 unspecified atom stereocenters. The van der Waals surface area contributed by atoms with Gasteiger partial charge in [-0.25, -0.2) is 4.79 Å². The standard InChI is InChI=1S/C21H31N3O3/c1-22-6-8-24(9-7-22)19-10-16-13-23(14-17(16)11-20(19)25)12-15-4-2-3-5-18(15)21(26)27/h2-5,16-17,19-20,25H,6-14H2,1H3,(H,26,27)/t16-,17+,19-,20-/m1/s1. The van der Waals surface area contributed by atoms with E-state index in [1.54, 1.807) is 12.1 Å². The molecule has 2 saturated heterocycles. The highest BCUT2D eigenvalue weighted by Gasteiger charge is 2.43. The molecular formula is C21H31N3O3. The molecule has 148 valence electrons. The molecule has 0 amide bonds. The van der Waals surface area contributed by atoms with Gasteiger partial charge in [0.1, 0.15) is 0 Å². The van der Waals surface area contributed by atoms with Crippen molar-refractivity contribution in [3.05, 3.63) is 35.4 Å². The molecule has 6 heteroatoms. The summed E-state index contributed by atoms with van der Waals surface area (Å²) >= 11 is 0. The highest BCUT2D eigenvalue weighted by Crippen LogP contribution is 2.39. The summed E-state index contributed by atoms with van der Waals surface area (Å²) in [5.74, 6) is 0.281. The highest BCUT2D eigenvalue weighted by molar-refractivity contribution is 5.89. The van der Waals surface area contributed by atoms with Gasteiger partial charge in [0.15, 0.2) is 0 Å². The lowest BCUT2D eigenvalue weighted by molar-refractivity contribution is -0.0249. The lowest BCUT2D eigenvalue weighted by Crippen LogP contribution is -2.55. The average Bonchev–Trinajstić information content (AvgIpc) is 3.03. The van der Waals surface area contributed by atoms with Crippen LogP contribution in [0.5, 0.6) is 0 Å². The number of likely N-dealkylation sites (tertiary alicyclic amines) is 1. The smallest absolute Gasteiger partial charge is 0.336 e. The maximum Gasteiger partial charge on any atom is 0.336 e. The topological polar surface area (TPSA) is 67.2 Å². The van der Waals surface area contributed by atoms with Crippen molar-refractivity contribution in [2.75, 3.05) is 46.3 Å². The van der Waals surface area contributed by atoms with E-state index in [9.17, 15) is 15.0 Å². The molecule has 2 heterocycles. The number of aromatic carboxylic acids is 1. The zero-order chi connectivity index (χ0) is 19.0. The number of likely N-dealkylation sites (N-methyl/N-ethyl adjacent to an activating group) is 1. The van der Waals surface area contributed by atoms with Crippen molar-refractivity contribution >= 4 is 5.97 Å². The zero-order valence-corrected chi connectivity index (χ0v) is 16.1.